The number of carbonyl (C=O) groups is 2. The van der Waals surface area contributed by atoms with E-state index in [0.717, 1.165) is 36.6 Å². The van der Waals surface area contributed by atoms with Crippen LogP contribution in [0.5, 0.6) is 11.5 Å². The third kappa shape index (κ3) is 8.26. The number of hydrogen-bond donors (Lipinski definition) is 3. The predicted molar refractivity (Wildman–Crippen MR) is 177 cm³/mol. The topological polar surface area (TPSA) is 139 Å². The van der Waals surface area contributed by atoms with E-state index < -0.39 is 68.0 Å². The lowest BCUT2D eigenvalue weighted by molar-refractivity contribution is -0.265. The zero-order chi connectivity index (χ0) is 36.3. The van der Waals surface area contributed by atoms with E-state index in [1.165, 1.54) is 18.2 Å². The van der Waals surface area contributed by atoms with Crippen LogP contribution in [0.3, 0.4) is 0 Å². The second-order valence-corrected chi connectivity index (χ2v) is 17.2. The fraction of sp³-hybridized carbons (Fsp3) is 0.606. The molecule has 2 aliphatic carbocycles. The summed E-state index contributed by atoms with van der Waals surface area (Å²) >= 11 is 6.52. The van der Waals surface area contributed by atoms with Crippen molar-refractivity contribution in [3.63, 3.8) is 0 Å². The van der Waals surface area contributed by atoms with Gasteiger partial charge in [0, 0.05) is 11.1 Å². The van der Waals surface area contributed by atoms with Crippen molar-refractivity contribution >= 4 is 40.3 Å². The molecule has 2 heterocycles. The monoisotopic (exact) mass is 730 g/mol. The van der Waals surface area contributed by atoms with Gasteiger partial charge in [-0.1, -0.05) is 11.6 Å². The molecule has 3 atom stereocenters. The van der Waals surface area contributed by atoms with Crippen molar-refractivity contribution in [3.05, 3.63) is 46.2 Å². The molecular formula is C33H42ClF3N4O7S. The number of benzene rings is 1. The molecule has 3 aliphatic rings. The van der Waals surface area contributed by atoms with Crippen molar-refractivity contribution in [2.45, 2.75) is 114 Å². The summed E-state index contributed by atoms with van der Waals surface area (Å²) in [5.74, 6) is -0.148. The Labute approximate surface area is 290 Å². The van der Waals surface area contributed by atoms with Gasteiger partial charge in [0.15, 0.2) is 16.7 Å². The zero-order valence-electron chi connectivity index (χ0n) is 28.4. The highest BCUT2D eigenvalue weighted by Crippen LogP contribution is 2.48. The van der Waals surface area contributed by atoms with Gasteiger partial charge in [-0.05, 0) is 98.4 Å². The molecule has 2 amide bonds. The molecule has 11 nitrogen and oxygen atoms in total. The highest BCUT2D eigenvalue weighted by atomic mass is 35.5. The summed E-state index contributed by atoms with van der Waals surface area (Å²) in [7, 11) is -1.76. The van der Waals surface area contributed by atoms with Gasteiger partial charge in [0.05, 0.1) is 58.0 Å². The van der Waals surface area contributed by atoms with Crippen LogP contribution in [0.15, 0.2) is 24.3 Å². The largest absolute Gasteiger partial charge is 0.487 e. The number of ether oxygens (including phenoxy) is 3. The first-order chi connectivity index (χ1) is 22.5. The standard InChI is InChI=1S/C33H42ClF3N4O7S/c1-29(2,3)48-28(43)41-17-31(7,40-49(45)30(4,5)6)21-15-24(39-26(34)25(21)41)32(44,33(35,36)37)16-38-27(42)18-8-13-22(46-19-9-10-19)23(14-18)47-20-11-12-20/h8,13-15,19-20,40,44H,9-12,16-17H2,1-7H3,(H,38,42)/t31-,32?,49?/m1/s1. The Morgan fingerprint density at radius 2 is 1.63 bits per heavy atom. The number of rotatable bonds is 10. The molecular weight excluding hydrogens is 689 g/mol. The number of fused-ring (bicyclic) bond motifs is 1. The normalized spacial score (nSPS) is 21.4. The average Bonchev–Trinajstić information content (AvgIpc) is 3.90. The van der Waals surface area contributed by atoms with Crippen LogP contribution < -0.4 is 24.4 Å². The van der Waals surface area contributed by atoms with E-state index in [-0.39, 0.29) is 35.6 Å². The van der Waals surface area contributed by atoms with Gasteiger partial charge < -0.3 is 24.6 Å². The van der Waals surface area contributed by atoms with Crippen LogP contribution in [0.25, 0.3) is 0 Å². The van der Waals surface area contributed by atoms with Crippen LogP contribution in [0.1, 0.15) is 95.8 Å². The molecule has 2 fully saturated rings. The summed E-state index contributed by atoms with van der Waals surface area (Å²) < 4.78 is 77.1. The number of aromatic nitrogens is 1. The van der Waals surface area contributed by atoms with Crippen molar-refractivity contribution in [2.75, 3.05) is 18.0 Å². The first-order valence-corrected chi connectivity index (χ1v) is 17.5. The molecule has 3 N–H and O–H groups in total. The number of amides is 2. The molecule has 2 saturated carbocycles. The Morgan fingerprint density at radius 1 is 1.04 bits per heavy atom. The van der Waals surface area contributed by atoms with Gasteiger partial charge in [-0.2, -0.15) is 13.2 Å². The molecule has 2 unspecified atom stereocenters. The second-order valence-electron chi connectivity index (χ2n) is 14.9. The van der Waals surface area contributed by atoms with E-state index >= 15 is 0 Å². The van der Waals surface area contributed by atoms with Gasteiger partial charge in [-0.15, -0.1) is 0 Å². The number of nitrogens with zero attached hydrogens (tertiary/aromatic N) is 2. The number of nitrogens with one attached hydrogen (secondary N) is 2. The van der Waals surface area contributed by atoms with E-state index in [2.05, 4.69) is 15.0 Å². The highest BCUT2D eigenvalue weighted by Gasteiger charge is 2.58. The number of halogens is 4. The molecule has 0 spiro atoms. The fourth-order valence-corrected chi connectivity index (χ4v) is 6.20. The average molecular weight is 731 g/mol. The van der Waals surface area contributed by atoms with Crippen LogP contribution in [-0.4, -0.2) is 68.1 Å². The van der Waals surface area contributed by atoms with Crippen molar-refractivity contribution in [1.29, 1.82) is 0 Å². The molecule has 1 aromatic carbocycles. The van der Waals surface area contributed by atoms with Crippen molar-refractivity contribution in [2.24, 2.45) is 0 Å². The minimum atomic E-state index is -5.35. The van der Waals surface area contributed by atoms with Gasteiger partial charge in [-0.25, -0.2) is 18.7 Å². The van der Waals surface area contributed by atoms with Crippen LogP contribution >= 0.6 is 11.6 Å². The smallest absolute Gasteiger partial charge is 0.424 e. The first-order valence-electron chi connectivity index (χ1n) is 16.0. The van der Waals surface area contributed by atoms with Gasteiger partial charge >= 0.3 is 12.3 Å². The zero-order valence-corrected chi connectivity index (χ0v) is 30.0. The van der Waals surface area contributed by atoms with Gasteiger partial charge in [0.1, 0.15) is 5.60 Å². The Hall–Kier alpha value is -3.14. The van der Waals surface area contributed by atoms with Gasteiger partial charge in [0.2, 0.25) is 5.60 Å². The number of carbonyl (C=O) groups excluding carboxylic acids is 2. The van der Waals surface area contributed by atoms with E-state index in [9.17, 15) is 32.1 Å². The van der Waals surface area contributed by atoms with Crippen LogP contribution in [0.4, 0.5) is 23.7 Å². The SMILES string of the molecule is CC(C)(C)OC(=O)N1C[C@@](C)(NS(=O)C(C)(C)C)c2cc(C(O)(CNC(=O)c3ccc(OC4CC4)c(OC4CC4)c3)C(F)(F)F)nc(Cl)c21. The number of hydrogen-bond acceptors (Lipinski definition) is 8. The molecule has 270 valence electrons. The summed E-state index contributed by atoms with van der Waals surface area (Å²) in [4.78, 5) is 31.5. The van der Waals surface area contributed by atoms with Crippen molar-refractivity contribution < 1.29 is 46.3 Å². The molecule has 1 aromatic heterocycles. The number of alkyl halides is 3. The van der Waals surface area contributed by atoms with E-state index in [1.807, 2.05) is 0 Å². The lowest BCUT2D eigenvalue weighted by Crippen LogP contribution is -2.52. The third-order valence-electron chi connectivity index (χ3n) is 8.02. The number of anilines is 1. The summed E-state index contributed by atoms with van der Waals surface area (Å²) in [6, 6.07) is 5.31. The maximum atomic E-state index is 14.8. The molecule has 5 rings (SSSR count). The molecule has 2 aromatic rings. The molecule has 0 bridgehead atoms. The van der Waals surface area contributed by atoms with Crippen molar-refractivity contribution in [1.82, 2.24) is 15.0 Å². The summed E-state index contributed by atoms with van der Waals surface area (Å²) in [5, 5.41) is 13.0. The fourth-order valence-electron chi connectivity index (χ4n) is 5.01. The minimum Gasteiger partial charge on any atom is -0.487 e. The van der Waals surface area contributed by atoms with Gasteiger partial charge in [0.25, 0.3) is 5.91 Å². The lowest BCUT2D eigenvalue weighted by Gasteiger charge is -2.33. The first kappa shape index (κ1) is 37.1. The summed E-state index contributed by atoms with van der Waals surface area (Å²) in [6.07, 6.45) is -2.72. The summed E-state index contributed by atoms with van der Waals surface area (Å²) in [5.41, 5.74) is -7.06. The summed E-state index contributed by atoms with van der Waals surface area (Å²) in [6.45, 7) is 10.0. The number of pyridine rings is 1. The van der Waals surface area contributed by atoms with E-state index in [1.54, 1.807) is 48.5 Å². The van der Waals surface area contributed by atoms with Gasteiger partial charge in [-0.3, -0.25) is 9.69 Å². The molecule has 0 radical (unpaired) electrons. The quantitative estimate of drug-likeness (QED) is 0.253. The Balaban J connectivity index is 1.49. The van der Waals surface area contributed by atoms with Crippen LogP contribution in [0, 0.1) is 0 Å². The maximum Gasteiger partial charge on any atom is 0.424 e. The van der Waals surface area contributed by atoms with E-state index in [4.69, 9.17) is 25.8 Å². The Bertz CT molecular complexity index is 1660. The second kappa shape index (κ2) is 12.9. The van der Waals surface area contributed by atoms with Crippen LogP contribution in [-0.2, 0) is 26.9 Å². The predicted octanol–water partition coefficient (Wildman–Crippen LogP) is 6.02. The Kier molecular flexibility index (Phi) is 9.76. The van der Waals surface area contributed by atoms with E-state index in [0.29, 0.717) is 11.5 Å². The van der Waals surface area contributed by atoms with Crippen molar-refractivity contribution in [3.8, 4) is 11.5 Å². The molecule has 0 saturated heterocycles. The third-order valence-corrected chi connectivity index (χ3v) is 10.0. The maximum absolute atomic E-state index is 14.8. The minimum absolute atomic E-state index is 0.00213. The highest BCUT2D eigenvalue weighted by molar-refractivity contribution is 7.84. The number of aliphatic hydroxyl groups is 1. The lowest BCUT2D eigenvalue weighted by atomic mass is 9.91. The molecule has 16 heteroatoms. The Morgan fingerprint density at radius 3 is 2.16 bits per heavy atom. The molecule has 1 aliphatic heterocycles. The molecule has 49 heavy (non-hydrogen) atoms. The van der Waals surface area contributed by atoms with Crippen LogP contribution in [0.2, 0.25) is 5.15 Å².